The Balaban J connectivity index is 1.69. The Kier molecular flexibility index (Phi) is 8.31. The zero-order valence-electron chi connectivity index (χ0n) is 18.5. The van der Waals surface area contributed by atoms with Crippen LogP contribution in [0.15, 0.2) is 66.2 Å². The Morgan fingerprint density at radius 3 is 2.03 bits per heavy atom. The van der Waals surface area contributed by atoms with Crippen LogP contribution in [0.1, 0.15) is 16.7 Å². The minimum atomic E-state index is -0.562. The second kappa shape index (κ2) is 11.4. The van der Waals surface area contributed by atoms with Crippen LogP contribution in [0.3, 0.4) is 0 Å². The second-order valence-electron chi connectivity index (χ2n) is 7.51. The summed E-state index contributed by atoms with van der Waals surface area (Å²) in [5.41, 5.74) is 3.52. The molecular weight excluding hydrogens is 473 g/mol. The summed E-state index contributed by atoms with van der Waals surface area (Å²) >= 11 is 12.6. The van der Waals surface area contributed by atoms with Crippen LogP contribution >= 0.6 is 23.2 Å². The molecule has 0 aliphatic carbocycles. The van der Waals surface area contributed by atoms with E-state index in [1.165, 1.54) is 18.2 Å². The van der Waals surface area contributed by atoms with E-state index in [0.29, 0.717) is 16.9 Å². The number of benzene rings is 3. The summed E-state index contributed by atoms with van der Waals surface area (Å²) in [6, 6.07) is 19.5. The minimum absolute atomic E-state index is 0.125. The van der Waals surface area contributed by atoms with Gasteiger partial charge in [-0.25, -0.2) is 0 Å². The molecule has 2 amide bonds. The van der Waals surface area contributed by atoms with Crippen molar-refractivity contribution < 1.29 is 14.3 Å². The normalized spacial score (nSPS) is 10.9. The van der Waals surface area contributed by atoms with Crippen molar-refractivity contribution in [2.45, 2.75) is 13.8 Å². The summed E-state index contributed by atoms with van der Waals surface area (Å²) in [6.45, 7) is 3.52. The molecule has 0 aromatic heterocycles. The number of nitrogens with zero attached hydrogens (tertiary/aromatic N) is 1. The zero-order valence-corrected chi connectivity index (χ0v) is 20.0. The molecule has 34 heavy (non-hydrogen) atoms. The van der Waals surface area contributed by atoms with Crippen molar-refractivity contribution in [2.24, 2.45) is 0 Å². The van der Waals surface area contributed by atoms with Gasteiger partial charge in [-0.2, -0.15) is 5.26 Å². The number of carbonyl (C=O) groups is 2. The van der Waals surface area contributed by atoms with Gasteiger partial charge in [0.05, 0.1) is 10.0 Å². The highest BCUT2D eigenvalue weighted by atomic mass is 35.5. The maximum atomic E-state index is 12.5. The Morgan fingerprint density at radius 1 is 0.941 bits per heavy atom. The Morgan fingerprint density at radius 2 is 1.50 bits per heavy atom. The molecule has 0 radical (unpaired) electrons. The fraction of sp³-hybridized carbons (Fsp3) is 0.115. The second-order valence-corrected chi connectivity index (χ2v) is 8.33. The van der Waals surface area contributed by atoms with Crippen molar-refractivity contribution in [3.63, 3.8) is 0 Å². The highest BCUT2D eigenvalue weighted by Gasteiger charge is 2.14. The topological polar surface area (TPSA) is 91.2 Å². The van der Waals surface area contributed by atoms with E-state index in [-0.39, 0.29) is 33.9 Å². The number of hydrogen-bond donors (Lipinski definition) is 2. The largest absolute Gasteiger partial charge is 0.481 e. The number of nitriles is 1. The molecule has 0 aliphatic rings. The summed E-state index contributed by atoms with van der Waals surface area (Å²) in [5.74, 6) is -0.808. The predicted octanol–water partition coefficient (Wildman–Crippen LogP) is 6.17. The summed E-state index contributed by atoms with van der Waals surface area (Å²) in [5, 5.41) is 15.1. The first-order valence-corrected chi connectivity index (χ1v) is 11.0. The highest BCUT2D eigenvalue weighted by Crippen LogP contribution is 2.35. The molecule has 3 aromatic rings. The fourth-order valence-corrected chi connectivity index (χ4v) is 3.71. The van der Waals surface area contributed by atoms with Gasteiger partial charge in [-0.05, 0) is 73.0 Å². The van der Waals surface area contributed by atoms with Crippen LogP contribution in [-0.4, -0.2) is 18.4 Å². The van der Waals surface area contributed by atoms with E-state index in [1.807, 2.05) is 44.2 Å². The number of aryl methyl sites for hydroxylation is 2. The van der Waals surface area contributed by atoms with Crippen LogP contribution in [0, 0.1) is 25.2 Å². The molecule has 2 N–H and O–H groups in total. The SMILES string of the molecule is Cc1cccc(NC(=O)COc2c(Cl)cc(/C=C(\C#N)C(=O)Nc3cccc(C)c3)cc2Cl)c1. The monoisotopic (exact) mass is 493 g/mol. The van der Waals surface area contributed by atoms with Gasteiger partial charge in [-0.15, -0.1) is 0 Å². The van der Waals surface area contributed by atoms with Gasteiger partial charge in [0.1, 0.15) is 11.6 Å². The van der Waals surface area contributed by atoms with Gasteiger partial charge in [-0.3, -0.25) is 9.59 Å². The van der Waals surface area contributed by atoms with Crippen LogP contribution < -0.4 is 15.4 Å². The van der Waals surface area contributed by atoms with E-state index in [1.54, 1.807) is 24.3 Å². The van der Waals surface area contributed by atoms with E-state index >= 15 is 0 Å². The van der Waals surface area contributed by atoms with Gasteiger partial charge < -0.3 is 15.4 Å². The predicted molar refractivity (Wildman–Crippen MR) is 135 cm³/mol. The fourth-order valence-electron chi connectivity index (χ4n) is 3.09. The first-order valence-electron chi connectivity index (χ1n) is 10.2. The first kappa shape index (κ1) is 24.8. The molecule has 8 heteroatoms. The lowest BCUT2D eigenvalue weighted by Crippen LogP contribution is -2.20. The molecule has 0 spiro atoms. The summed E-state index contributed by atoms with van der Waals surface area (Å²) < 4.78 is 5.51. The first-order chi connectivity index (χ1) is 16.2. The lowest BCUT2D eigenvalue weighted by Gasteiger charge is -2.12. The molecule has 172 valence electrons. The molecular formula is C26H21Cl2N3O3. The number of carbonyl (C=O) groups excluding carboxylic acids is 2. The third-order valence-electron chi connectivity index (χ3n) is 4.62. The van der Waals surface area contributed by atoms with E-state index in [9.17, 15) is 14.9 Å². The molecule has 0 bridgehead atoms. The van der Waals surface area contributed by atoms with Gasteiger partial charge in [0.2, 0.25) is 0 Å². The Labute approximate surface area is 207 Å². The molecule has 6 nitrogen and oxygen atoms in total. The minimum Gasteiger partial charge on any atom is -0.481 e. The molecule has 0 aliphatic heterocycles. The molecule has 0 unspecified atom stereocenters. The summed E-state index contributed by atoms with van der Waals surface area (Å²) in [4.78, 5) is 24.7. The average Bonchev–Trinajstić information content (AvgIpc) is 2.77. The molecule has 0 atom stereocenters. The summed E-state index contributed by atoms with van der Waals surface area (Å²) in [7, 11) is 0. The van der Waals surface area contributed by atoms with E-state index < -0.39 is 5.91 Å². The lowest BCUT2D eigenvalue weighted by molar-refractivity contribution is -0.118. The Bertz CT molecular complexity index is 1290. The van der Waals surface area contributed by atoms with E-state index in [4.69, 9.17) is 27.9 Å². The van der Waals surface area contributed by atoms with E-state index in [0.717, 1.165) is 11.1 Å². The van der Waals surface area contributed by atoms with Crippen molar-refractivity contribution in [3.8, 4) is 11.8 Å². The quantitative estimate of drug-likeness (QED) is 0.304. The highest BCUT2D eigenvalue weighted by molar-refractivity contribution is 6.37. The van der Waals surface area contributed by atoms with Crippen LogP contribution in [0.25, 0.3) is 6.08 Å². The number of hydrogen-bond acceptors (Lipinski definition) is 4. The zero-order chi connectivity index (χ0) is 24.7. The number of nitrogens with one attached hydrogen (secondary N) is 2. The van der Waals surface area contributed by atoms with Crippen LogP contribution in [0.5, 0.6) is 5.75 Å². The maximum Gasteiger partial charge on any atom is 0.266 e. The van der Waals surface area contributed by atoms with Crippen molar-refractivity contribution in [3.05, 3.63) is 93.0 Å². The van der Waals surface area contributed by atoms with Crippen LogP contribution in [0.4, 0.5) is 11.4 Å². The molecule has 3 rings (SSSR count). The van der Waals surface area contributed by atoms with Crippen LogP contribution in [0.2, 0.25) is 10.0 Å². The molecule has 0 saturated heterocycles. The summed E-state index contributed by atoms with van der Waals surface area (Å²) in [6.07, 6.45) is 1.37. The molecule has 0 fully saturated rings. The van der Waals surface area contributed by atoms with E-state index in [2.05, 4.69) is 10.6 Å². The number of anilines is 2. The molecule has 0 saturated carbocycles. The average molecular weight is 494 g/mol. The number of rotatable bonds is 7. The maximum absolute atomic E-state index is 12.5. The van der Waals surface area contributed by atoms with Gasteiger partial charge in [0.25, 0.3) is 11.8 Å². The number of ether oxygens (including phenoxy) is 1. The number of amides is 2. The third-order valence-corrected chi connectivity index (χ3v) is 5.18. The van der Waals surface area contributed by atoms with Crippen molar-refractivity contribution in [1.82, 2.24) is 0 Å². The van der Waals surface area contributed by atoms with Crippen LogP contribution in [-0.2, 0) is 9.59 Å². The molecule has 3 aromatic carbocycles. The molecule has 0 heterocycles. The number of halogens is 2. The smallest absolute Gasteiger partial charge is 0.266 e. The standard InChI is InChI=1S/C26H21Cl2N3O3/c1-16-5-3-7-20(9-16)30-24(32)15-34-25-22(27)12-18(13-23(25)28)11-19(14-29)26(33)31-21-8-4-6-17(2)10-21/h3-13H,15H2,1-2H3,(H,30,32)(H,31,33)/b19-11+. The third kappa shape index (κ3) is 6.85. The van der Waals surface area contributed by atoms with Crippen molar-refractivity contribution in [2.75, 3.05) is 17.2 Å². The van der Waals surface area contributed by atoms with Crippen molar-refractivity contribution in [1.29, 1.82) is 5.26 Å². The van der Waals surface area contributed by atoms with Gasteiger partial charge in [0.15, 0.2) is 12.4 Å². The van der Waals surface area contributed by atoms with Crippen molar-refractivity contribution >= 4 is 52.5 Å². The van der Waals surface area contributed by atoms with Gasteiger partial charge in [0, 0.05) is 11.4 Å². The lowest BCUT2D eigenvalue weighted by atomic mass is 10.1. The van der Waals surface area contributed by atoms with Gasteiger partial charge in [-0.1, -0.05) is 47.5 Å². The Hall–Kier alpha value is -3.79. The van der Waals surface area contributed by atoms with Gasteiger partial charge >= 0.3 is 0 Å².